The van der Waals surface area contributed by atoms with E-state index in [0.29, 0.717) is 0 Å². The Morgan fingerprint density at radius 1 is 1.44 bits per heavy atom. The van der Waals surface area contributed by atoms with Crippen LogP contribution in [0.25, 0.3) is 0 Å². The summed E-state index contributed by atoms with van der Waals surface area (Å²) in [4.78, 5) is 13.4. The van der Waals surface area contributed by atoms with Gasteiger partial charge in [-0.15, -0.1) is 0 Å². The lowest BCUT2D eigenvalue weighted by atomic mass is 10.1. The van der Waals surface area contributed by atoms with Gasteiger partial charge in [-0.1, -0.05) is 12.1 Å². The Balaban J connectivity index is 2.95. The molecule has 1 aromatic carbocycles. The van der Waals surface area contributed by atoms with Gasteiger partial charge >= 0.3 is 0 Å². The molecule has 0 aromatic heterocycles. The molecule has 0 radical (unpaired) electrons. The third kappa shape index (κ3) is 2.79. The number of aliphatic hydroxyl groups excluding tert-OH is 1. The van der Waals surface area contributed by atoms with Gasteiger partial charge in [-0.05, 0) is 26.0 Å². The van der Waals surface area contributed by atoms with Crippen LogP contribution >= 0.6 is 0 Å². The zero-order valence-electron chi connectivity index (χ0n) is 9.48. The SMILES string of the molecule is CC(C)N(CCO)C(=O)c1ccccc1F. The summed E-state index contributed by atoms with van der Waals surface area (Å²) in [5.74, 6) is -0.918. The Bertz CT molecular complexity index is 366. The van der Waals surface area contributed by atoms with Gasteiger partial charge in [-0.3, -0.25) is 4.79 Å². The Morgan fingerprint density at radius 3 is 2.56 bits per heavy atom. The summed E-state index contributed by atoms with van der Waals surface area (Å²) < 4.78 is 13.4. The molecule has 0 aliphatic rings. The van der Waals surface area contributed by atoms with E-state index in [1.54, 1.807) is 6.07 Å². The maximum absolute atomic E-state index is 13.4. The molecule has 1 N–H and O–H groups in total. The van der Waals surface area contributed by atoms with Gasteiger partial charge in [-0.25, -0.2) is 4.39 Å². The zero-order chi connectivity index (χ0) is 12.1. The summed E-state index contributed by atoms with van der Waals surface area (Å²) in [7, 11) is 0. The lowest BCUT2D eigenvalue weighted by molar-refractivity contribution is 0.0660. The molecule has 0 aliphatic heterocycles. The van der Waals surface area contributed by atoms with Crippen molar-refractivity contribution >= 4 is 5.91 Å². The van der Waals surface area contributed by atoms with Gasteiger partial charge in [0.25, 0.3) is 5.91 Å². The highest BCUT2D eigenvalue weighted by Crippen LogP contribution is 2.11. The molecule has 1 aromatic rings. The largest absolute Gasteiger partial charge is 0.395 e. The van der Waals surface area contributed by atoms with E-state index in [1.165, 1.54) is 23.1 Å². The molecule has 0 fully saturated rings. The molecule has 1 amide bonds. The van der Waals surface area contributed by atoms with E-state index in [0.717, 1.165) is 0 Å². The van der Waals surface area contributed by atoms with Crippen LogP contribution in [0, 0.1) is 5.82 Å². The van der Waals surface area contributed by atoms with Crippen molar-refractivity contribution in [2.75, 3.05) is 13.2 Å². The van der Waals surface area contributed by atoms with E-state index >= 15 is 0 Å². The zero-order valence-corrected chi connectivity index (χ0v) is 9.48. The van der Waals surface area contributed by atoms with Crippen LogP contribution in [0.4, 0.5) is 4.39 Å². The topological polar surface area (TPSA) is 40.5 Å². The minimum Gasteiger partial charge on any atom is -0.395 e. The second-order valence-electron chi connectivity index (χ2n) is 3.80. The second-order valence-corrected chi connectivity index (χ2v) is 3.80. The third-order valence-corrected chi connectivity index (χ3v) is 2.33. The average molecular weight is 225 g/mol. The number of carbonyl (C=O) groups is 1. The molecule has 0 aliphatic carbocycles. The molecule has 0 saturated carbocycles. The van der Waals surface area contributed by atoms with E-state index in [-0.39, 0.29) is 30.7 Å². The number of hydrogen-bond donors (Lipinski definition) is 1. The molecule has 3 nitrogen and oxygen atoms in total. The highest BCUT2D eigenvalue weighted by Gasteiger charge is 2.20. The minimum absolute atomic E-state index is 0.0460. The first-order valence-corrected chi connectivity index (χ1v) is 5.24. The standard InChI is InChI=1S/C12H16FNO2/c1-9(2)14(7-8-15)12(16)10-5-3-4-6-11(10)13/h3-6,9,15H,7-8H2,1-2H3. The fourth-order valence-electron chi connectivity index (χ4n) is 1.49. The summed E-state index contributed by atoms with van der Waals surface area (Å²) in [5.41, 5.74) is 0.0460. The predicted octanol–water partition coefficient (Wildman–Crippen LogP) is 1.67. The van der Waals surface area contributed by atoms with Crippen LogP contribution in [0.3, 0.4) is 0 Å². The molecule has 0 atom stereocenters. The normalized spacial score (nSPS) is 10.6. The molecule has 0 spiro atoms. The number of benzene rings is 1. The highest BCUT2D eigenvalue weighted by atomic mass is 19.1. The van der Waals surface area contributed by atoms with Crippen molar-refractivity contribution in [1.82, 2.24) is 4.90 Å². The van der Waals surface area contributed by atoms with Crippen molar-refractivity contribution in [3.8, 4) is 0 Å². The second kappa shape index (κ2) is 5.61. The van der Waals surface area contributed by atoms with E-state index in [2.05, 4.69) is 0 Å². The number of rotatable bonds is 4. The quantitative estimate of drug-likeness (QED) is 0.846. The Hall–Kier alpha value is -1.42. The first kappa shape index (κ1) is 12.6. The Kier molecular flexibility index (Phi) is 4.43. The van der Waals surface area contributed by atoms with E-state index < -0.39 is 5.82 Å². The summed E-state index contributed by atoms with van der Waals surface area (Å²) in [6.07, 6.45) is 0. The molecular formula is C12H16FNO2. The Morgan fingerprint density at radius 2 is 2.06 bits per heavy atom. The van der Waals surface area contributed by atoms with Gasteiger partial charge in [0.2, 0.25) is 0 Å². The number of aliphatic hydroxyl groups is 1. The number of hydrogen-bond acceptors (Lipinski definition) is 2. The van der Waals surface area contributed by atoms with Gasteiger partial charge < -0.3 is 10.0 Å². The highest BCUT2D eigenvalue weighted by molar-refractivity contribution is 5.94. The van der Waals surface area contributed by atoms with Crippen molar-refractivity contribution in [1.29, 1.82) is 0 Å². The third-order valence-electron chi connectivity index (χ3n) is 2.33. The molecule has 4 heteroatoms. The maximum Gasteiger partial charge on any atom is 0.257 e. The van der Waals surface area contributed by atoms with Crippen LogP contribution in [0.5, 0.6) is 0 Å². The smallest absolute Gasteiger partial charge is 0.257 e. The van der Waals surface area contributed by atoms with Crippen LogP contribution in [-0.2, 0) is 0 Å². The summed E-state index contributed by atoms with van der Waals surface area (Å²) >= 11 is 0. The molecule has 0 heterocycles. The van der Waals surface area contributed by atoms with Crippen LogP contribution < -0.4 is 0 Å². The van der Waals surface area contributed by atoms with Gasteiger partial charge in [0.1, 0.15) is 5.82 Å². The van der Waals surface area contributed by atoms with E-state index in [1.807, 2.05) is 13.8 Å². The summed E-state index contributed by atoms with van der Waals surface area (Å²) in [6, 6.07) is 5.79. The molecule has 1 rings (SSSR count). The van der Waals surface area contributed by atoms with Crippen LogP contribution in [-0.4, -0.2) is 35.1 Å². The molecule has 16 heavy (non-hydrogen) atoms. The molecule has 0 unspecified atom stereocenters. The lowest BCUT2D eigenvalue weighted by Crippen LogP contribution is -2.39. The van der Waals surface area contributed by atoms with Crippen molar-refractivity contribution in [2.45, 2.75) is 19.9 Å². The lowest BCUT2D eigenvalue weighted by Gasteiger charge is -2.26. The first-order valence-electron chi connectivity index (χ1n) is 5.24. The summed E-state index contributed by atoms with van der Waals surface area (Å²) in [5, 5.41) is 8.86. The minimum atomic E-state index is -0.531. The monoisotopic (exact) mass is 225 g/mol. The molecule has 0 bridgehead atoms. The van der Waals surface area contributed by atoms with E-state index in [9.17, 15) is 9.18 Å². The van der Waals surface area contributed by atoms with Crippen molar-refractivity contribution in [3.05, 3.63) is 35.6 Å². The van der Waals surface area contributed by atoms with Crippen molar-refractivity contribution in [3.63, 3.8) is 0 Å². The number of carbonyl (C=O) groups excluding carboxylic acids is 1. The first-order chi connectivity index (χ1) is 7.57. The molecule has 88 valence electrons. The average Bonchev–Trinajstić information content (AvgIpc) is 2.25. The van der Waals surface area contributed by atoms with Gasteiger partial charge in [-0.2, -0.15) is 0 Å². The predicted molar refractivity (Wildman–Crippen MR) is 59.7 cm³/mol. The molecular weight excluding hydrogens is 209 g/mol. The number of halogens is 1. The molecule has 0 saturated heterocycles. The van der Waals surface area contributed by atoms with Crippen LogP contribution in [0.15, 0.2) is 24.3 Å². The van der Waals surface area contributed by atoms with Gasteiger partial charge in [0.15, 0.2) is 0 Å². The van der Waals surface area contributed by atoms with Crippen molar-refractivity contribution < 1.29 is 14.3 Å². The number of amides is 1. The summed E-state index contributed by atoms with van der Waals surface area (Å²) in [6.45, 7) is 3.74. The van der Waals surface area contributed by atoms with Gasteiger partial charge in [0.05, 0.1) is 12.2 Å². The number of nitrogens with zero attached hydrogens (tertiary/aromatic N) is 1. The van der Waals surface area contributed by atoms with Crippen molar-refractivity contribution in [2.24, 2.45) is 0 Å². The van der Waals surface area contributed by atoms with Crippen LogP contribution in [0.1, 0.15) is 24.2 Å². The van der Waals surface area contributed by atoms with Gasteiger partial charge in [0, 0.05) is 12.6 Å². The maximum atomic E-state index is 13.4. The van der Waals surface area contributed by atoms with Crippen LogP contribution in [0.2, 0.25) is 0 Å². The fraction of sp³-hybridized carbons (Fsp3) is 0.417. The fourth-order valence-corrected chi connectivity index (χ4v) is 1.49. The van der Waals surface area contributed by atoms with E-state index in [4.69, 9.17) is 5.11 Å². The Labute approximate surface area is 94.5 Å².